The molecule has 0 saturated carbocycles. The number of aryl methyl sites for hydroxylation is 1. The van der Waals surface area contributed by atoms with Crippen molar-refractivity contribution in [3.8, 4) is 5.75 Å². The van der Waals surface area contributed by atoms with Crippen LogP contribution in [0.5, 0.6) is 5.75 Å². The fraction of sp³-hybridized carbons (Fsp3) is 0.600. The van der Waals surface area contributed by atoms with Gasteiger partial charge in [-0.3, -0.25) is 0 Å². The molecule has 0 amide bonds. The highest BCUT2D eigenvalue weighted by Gasteiger charge is 1.94. The van der Waals surface area contributed by atoms with Gasteiger partial charge in [-0.15, -0.1) is 0 Å². The van der Waals surface area contributed by atoms with Crippen LogP contribution in [0.4, 0.5) is 0 Å². The average Bonchev–Trinajstić information content (AvgIpc) is 2.30. The monoisotopic (exact) mass is 254 g/mol. The van der Waals surface area contributed by atoms with Crippen molar-refractivity contribution in [1.82, 2.24) is 0 Å². The van der Waals surface area contributed by atoms with Gasteiger partial charge in [0.2, 0.25) is 0 Å². The van der Waals surface area contributed by atoms with Gasteiger partial charge in [0.05, 0.1) is 0 Å². The van der Waals surface area contributed by atoms with E-state index in [1.807, 2.05) is 12.1 Å². The van der Waals surface area contributed by atoms with E-state index in [-0.39, 0.29) is 13.5 Å². The Balaban J connectivity index is 0.00000256. The SMILES string of the molecule is CCCCCCCCCc1ccc(O)cc1.S. The molecule has 1 N–H and O–H groups in total. The molecular weight excluding hydrogens is 228 g/mol. The molecule has 0 unspecified atom stereocenters. The molecule has 1 aromatic rings. The first-order valence-electron chi connectivity index (χ1n) is 6.61. The number of phenols is 1. The molecule has 0 saturated heterocycles. The maximum absolute atomic E-state index is 9.15. The molecule has 0 spiro atoms. The Kier molecular flexibility index (Phi) is 10.1. The van der Waals surface area contributed by atoms with E-state index >= 15 is 0 Å². The summed E-state index contributed by atoms with van der Waals surface area (Å²) >= 11 is 0. The molecule has 98 valence electrons. The molecule has 0 radical (unpaired) electrons. The number of hydrogen-bond acceptors (Lipinski definition) is 1. The number of hydrogen-bond donors (Lipinski definition) is 1. The first kappa shape index (κ1) is 16.4. The molecule has 2 heteroatoms. The van der Waals surface area contributed by atoms with Crippen molar-refractivity contribution in [2.45, 2.75) is 58.3 Å². The van der Waals surface area contributed by atoms with Crippen molar-refractivity contribution in [2.75, 3.05) is 0 Å². The van der Waals surface area contributed by atoms with E-state index in [1.54, 1.807) is 12.1 Å². The van der Waals surface area contributed by atoms with Crippen molar-refractivity contribution in [2.24, 2.45) is 0 Å². The van der Waals surface area contributed by atoms with Gasteiger partial charge < -0.3 is 5.11 Å². The molecule has 0 aliphatic rings. The number of benzene rings is 1. The average molecular weight is 254 g/mol. The number of aromatic hydroxyl groups is 1. The van der Waals surface area contributed by atoms with E-state index < -0.39 is 0 Å². The van der Waals surface area contributed by atoms with Crippen molar-refractivity contribution in [3.05, 3.63) is 29.8 Å². The lowest BCUT2D eigenvalue weighted by Crippen LogP contribution is -1.85. The van der Waals surface area contributed by atoms with Crippen LogP contribution in [0, 0.1) is 0 Å². The van der Waals surface area contributed by atoms with Crippen molar-refractivity contribution >= 4 is 13.5 Å². The van der Waals surface area contributed by atoms with Crippen LogP contribution in [-0.2, 0) is 6.42 Å². The molecule has 1 nitrogen and oxygen atoms in total. The molecule has 17 heavy (non-hydrogen) atoms. The Morgan fingerprint density at radius 3 is 1.94 bits per heavy atom. The van der Waals surface area contributed by atoms with E-state index in [1.165, 1.54) is 50.5 Å². The topological polar surface area (TPSA) is 20.2 Å². The summed E-state index contributed by atoms with van der Waals surface area (Å²) in [6.07, 6.45) is 10.6. The van der Waals surface area contributed by atoms with Gasteiger partial charge in [-0.25, -0.2) is 0 Å². The molecule has 0 aromatic heterocycles. The second kappa shape index (κ2) is 10.5. The van der Waals surface area contributed by atoms with Crippen LogP contribution in [-0.4, -0.2) is 5.11 Å². The third-order valence-corrected chi connectivity index (χ3v) is 3.01. The quantitative estimate of drug-likeness (QED) is 0.661. The third-order valence-electron chi connectivity index (χ3n) is 3.01. The molecule has 0 heterocycles. The first-order valence-corrected chi connectivity index (χ1v) is 6.61. The zero-order valence-electron chi connectivity index (χ0n) is 10.9. The molecule has 0 aliphatic carbocycles. The zero-order chi connectivity index (χ0) is 11.6. The van der Waals surface area contributed by atoms with E-state index in [0.29, 0.717) is 5.75 Å². The Morgan fingerprint density at radius 1 is 0.824 bits per heavy atom. The van der Waals surface area contributed by atoms with Crippen LogP contribution in [0.1, 0.15) is 57.4 Å². The maximum atomic E-state index is 9.15. The minimum Gasteiger partial charge on any atom is -0.508 e. The second-order valence-electron chi connectivity index (χ2n) is 4.54. The molecule has 0 fully saturated rings. The van der Waals surface area contributed by atoms with Gasteiger partial charge >= 0.3 is 0 Å². The lowest BCUT2D eigenvalue weighted by atomic mass is 10.0. The van der Waals surface area contributed by atoms with Crippen LogP contribution in [0.15, 0.2) is 24.3 Å². The lowest BCUT2D eigenvalue weighted by molar-refractivity contribution is 0.475. The summed E-state index contributed by atoms with van der Waals surface area (Å²) in [5.74, 6) is 0.364. The number of rotatable bonds is 8. The molecule has 1 rings (SSSR count). The Morgan fingerprint density at radius 2 is 1.35 bits per heavy atom. The first-order chi connectivity index (χ1) is 7.83. The van der Waals surface area contributed by atoms with Crippen molar-refractivity contribution in [1.29, 1.82) is 0 Å². The van der Waals surface area contributed by atoms with Gasteiger partial charge in [0, 0.05) is 0 Å². The van der Waals surface area contributed by atoms with Gasteiger partial charge in [-0.1, -0.05) is 57.6 Å². The summed E-state index contributed by atoms with van der Waals surface area (Å²) in [7, 11) is 0. The minimum absolute atomic E-state index is 0. The Bertz CT molecular complexity index is 269. The largest absolute Gasteiger partial charge is 0.508 e. The van der Waals surface area contributed by atoms with Gasteiger partial charge in [-0.05, 0) is 30.5 Å². The Hall–Kier alpha value is -0.630. The summed E-state index contributed by atoms with van der Waals surface area (Å²) < 4.78 is 0. The normalized spacial score (nSPS) is 9.94. The van der Waals surface area contributed by atoms with Crippen LogP contribution >= 0.6 is 13.5 Å². The van der Waals surface area contributed by atoms with E-state index in [2.05, 4.69) is 6.92 Å². The molecule has 0 bridgehead atoms. The van der Waals surface area contributed by atoms with E-state index in [4.69, 9.17) is 5.11 Å². The molecule has 0 atom stereocenters. The Labute approximate surface area is 113 Å². The molecular formula is C15H26OS. The van der Waals surface area contributed by atoms with Crippen LogP contribution in [0.25, 0.3) is 0 Å². The fourth-order valence-corrected chi connectivity index (χ4v) is 1.95. The zero-order valence-corrected chi connectivity index (χ0v) is 11.9. The maximum Gasteiger partial charge on any atom is 0.115 e. The lowest BCUT2D eigenvalue weighted by Gasteiger charge is -2.02. The second-order valence-corrected chi connectivity index (χ2v) is 4.54. The van der Waals surface area contributed by atoms with Gasteiger partial charge in [0.15, 0.2) is 0 Å². The smallest absolute Gasteiger partial charge is 0.115 e. The summed E-state index contributed by atoms with van der Waals surface area (Å²) in [5, 5.41) is 9.15. The highest BCUT2D eigenvalue weighted by atomic mass is 32.1. The summed E-state index contributed by atoms with van der Waals surface area (Å²) in [5.41, 5.74) is 1.34. The molecule has 0 aliphatic heterocycles. The predicted molar refractivity (Wildman–Crippen MR) is 80.2 cm³/mol. The van der Waals surface area contributed by atoms with Gasteiger partial charge in [0.25, 0.3) is 0 Å². The fourth-order valence-electron chi connectivity index (χ4n) is 1.95. The van der Waals surface area contributed by atoms with E-state index in [9.17, 15) is 0 Å². The van der Waals surface area contributed by atoms with Crippen molar-refractivity contribution in [3.63, 3.8) is 0 Å². The summed E-state index contributed by atoms with van der Waals surface area (Å²) in [4.78, 5) is 0. The standard InChI is InChI=1S/C15H24O.H2S/c1-2-3-4-5-6-7-8-9-14-10-12-15(16)13-11-14;/h10-13,16H,2-9H2,1H3;1H2. The van der Waals surface area contributed by atoms with Crippen LogP contribution in [0.3, 0.4) is 0 Å². The van der Waals surface area contributed by atoms with E-state index in [0.717, 1.165) is 6.42 Å². The summed E-state index contributed by atoms with van der Waals surface area (Å²) in [6.45, 7) is 2.25. The highest BCUT2D eigenvalue weighted by molar-refractivity contribution is 7.59. The highest BCUT2D eigenvalue weighted by Crippen LogP contribution is 2.13. The summed E-state index contributed by atoms with van der Waals surface area (Å²) in [6, 6.07) is 7.59. The minimum atomic E-state index is 0. The molecule has 1 aromatic carbocycles. The number of unbranched alkanes of at least 4 members (excludes halogenated alkanes) is 6. The third kappa shape index (κ3) is 8.14. The van der Waals surface area contributed by atoms with Crippen molar-refractivity contribution < 1.29 is 5.11 Å². The predicted octanol–water partition coefficient (Wildman–Crippen LogP) is 4.80. The van der Waals surface area contributed by atoms with Crippen LogP contribution < -0.4 is 0 Å². The van der Waals surface area contributed by atoms with Crippen LogP contribution in [0.2, 0.25) is 0 Å². The van der Waals surface area contributed by atoms with Gasteiger partial charge in [-0.2, -0.15) is 13.5 Å². The number of phenolic OH excluding ortho intramolecular Hbond substituents is 1. The van der Waals surface area contributed by atoms with Gasteiger partial charge in [0.1, 0.15) is 5.75 Å².